The van der Waals surface area contributed by atoms with Crippen LogP contribution in [-0.4, -0.2) is 30.7 Å². The number of carboxylic acids is 1. The molecule has 26 heavy (non-hydrogen) atoms. The average Bonchev–Trinajstić information content (AvgIpc) is 2.60. The van der Waals surface area contributed by atoms with Gasteiger partial charge in [0.1, 0.15) is 11.5 Å². The number of benzene rings is 2. The second kappa shape index (κ2) is 9.10. The second-order valence-corrected chi connectivity index (χ2v) is 6.08. The summed E-state index contributed by atoms with van der Waals surface area (Å²) >= 11 is 6.08. The molecule has 0 atom stereocenters. The van der Waals surface area contributed by atoms with E-state index < -0.39 is 12.6 Å². The molecule has 0 spiro atoms. The van der Waals surface area contributed by atoms with Crippen molar-refractivity contribution >= 4 is 29.2 Å². The van der Waals surface area contributed by atoms with Gasteiger partial charge in [-0.2, -0.15) is 0 Å². The molecule has 0 aliphatic carbocycles. The maximum absolute atomic E-state index is 12.2. The molecule has 0 unspecified atom stereocenters. The third-order valence-corrected chi connectivity index (χ3v) is 3.99. The van der Waals surface area contributed by atoms with Crippen LogP contribution < -0.4 is 14.8 Å². The molecule has 1 amide bonds. The Balaban J connectivity index is 1.91. The molecule has 7 heteroatoms. The van der Waals surface area contributed by atoms with Gasteiger partial charge in [-0.25, -0.2) is 4.79 Å². The van der Waals surface area contributed by atoms with Crippen molar-refractivity contribution in [1.29, 1.82) is 0 Å². The van der Waals surface area contributed by atoms with Crippen LogP contribution in [-0.2, 0) is 16.0 Å². The molecule has 2 aromatic carbocycles. The van der Waals surface area contributed by atoms with E-state index in [0.717, 1.165) is 11.1 Å². The van der Waals surface area contributed by atoms with Gasteiger partial charge in [0.05, 0.1) is 12.1 Å². The Morgan fingerprint density at radius 3 is 2.58 bits per heavy atom. The van der Waals surface area contributed by atoms with Crippen LogP contribution in [0, 0.1) is 6.92 Å². The van der Waals surface area contributed by atoms with Gasteiger partial charge in [0.2, 0.25) is 5.91 Å². The van der Waals surface area contributed by atoms with Crippen LogP contribution in [0.15, 0.2) is 36.4 Å². The van der Waals surface area contributed by atoms with Crippen molar-refractivity contribution in [3.05, 3.63) is 52.5 Å². The highest BCUT2D eigenvalue weighted by Crippen LogP contribution is 2.26. The number of carboxylic acid groups (broad SMARTS) is 1. The number of hydrogen-bond acceptors (Lipinski definition) is 4. The van der Waals surface area contributed by atoms with E-state index in [-0.39, 0.29) is 5.91 Å². The fraction of sp³-hybridized carbons (Fsp3) is 0.263. The summed E-state index contributed by atoms with van der Waals surface area (Å²) in [6, 6.07) is 10.4. The molecule has 0 aliphatic heterocycles. The number of carbonyl (C=O) groups is 2. The number of carbonyl (C=O) groups excluding carboxylic acids is 1. The first kappa shape index (κ1) is 19.6. The van der Waals surface area contributed by atoms with Crippen molar-refractivity contribution in [2.45, 2.75) is 19.8 Å². The molecule has 6 nitrogen and oxygen atoms in total. The maximum atomic E-state index is 12.2. The normalized spacial score (nSPS) is 10.3. The lowest BCUT2D eigenvalue weighted by Crippen LogP contribution is -2.13. The number of amides is 1. The minimum absolute atomic E-state index is 0.126. The summed E-state index contributed by atoms with van der Waals surface area (Å²) in [4.78, 5) is 22.7. The third-order valence-electron chi connectivity index (χ3n) is 3.69. The Hall–Kier alpha value is -2.73. The van der Waals surface area contributed by atoms with Crippen LogP contribution in [0.2, 0.25) is 5.02 Å². The molecule has 2 N–H and O–H groups in total. The van der Waals surface area contributed by atoms with E-state index >= 15 is 0 Å². The maximum Gasteiger partial charge on any atom is 0.341 e. The van der Waals surface area contributed by atoms with Crippen LogP contribution in [0.1, 0.15) is 17.5 Å². The van der Waals surface area contributed by atoms with Crippen LogP contribution in [0.4, 0.5) is 5.69 Å². The predicted octanol–water partition coefficient (Wildman–Crippen LogP) is 3.69. The van der Waals surface area contributed by atoms with Crippen molar-refractivity contribution in [2.75, 3.05) is 19.0 Å². The minimum Gasteiger partial charge on any atom is -0.495 e. The van der Waals surface area contributed by atoms with E-state index in [1.807, 2.05) is 13.0 Å². The molecular weight excluding hydrogens is 358 g/mol. The second-order valence-electron chi connectivity index (χ2n) is 5.68. The summed E-state index contributed by atoms with van der Waals surface area (Å²) in [5.74, 6) is -0.130. The molecule has 2 aromatic rings. The molecule has 0 aliphatic rings. The number of hydrogen-bond donors (Lipinski definition) is 2. The molecule has 0 saturated carbocycles. The Bertz CT molecular complexity index is 807. The number of nitrogens with one attached hydrogen (secondary N) is 1. The summed E-state index contributed by atoms with van der Waals surface area (Å²) < 4.78 is 10.2. The zero-order chi connectivity index (χ0) is 19.1. The average molecular weight is 378 g/mol. The van der Waals surface area contributed by atoms with Gasteiger partial charge in [0.15, 0.2) is 6.61 Å². The number of aryl methyl sites for hydroxylation is 2. The van der Waals surface area contributed by atoms with Crippen LogP contribution in [0.25, 0.3) is 0 Å². The Morgan fingerprint density at radius 2 is 1.96 bits per heavy atom. The molecule has 0 aromatic heterocycles. The zero-order valence-corrected chi connectivity index (χ0v) is 15.3. The Morgan fingerprint density at radius 1 is 1.19 bits per heavy atom. The molecular formula is C19H20ClNO5. The summed E-state index contributed by atoms with van der Waals surface area (Å²) in [5.41, 5.74) is 2.39. The van der Waals surface area contributed by atoms with Crippen molar-refractivity contribution in [3.8, 4) is 11.5 Å². The van der Waals surface area contributed by atoms with E-state index in [1.165, 1.54) is 0 Å². The van der Waals surface area contributed by atoms with Gasteiger partial charge in [-0.05, 0) is 54.8 Å². The van der Waals surface area contributed by atoms with Gasteiger partial charge in [-0.3, -0.25) is 4.79 Å². The first-order valence-electron chi connectivity index (χ1n) is 7.96. The van der Waals surface area contributed by atoms with Gasteiger partial charge >= 0.3 is 5.97 Å². The molecule has 0 saturated heterocycles. The van der Waals surface area contributed by atoms with Crippen LogP contribution in [0.5, 0.6) is 11.5 Å². The topological polar surface area (TPSA) is 84.9 Å². The fourth-order valence-corrected chi connectivity index (χ4v) is 2.63. The highest BCUT2D eigenvalue weighted by atomic mass is 35.5. The summed E-state index contributed by atoms with van der Waals surface area (Å²) in [5, 5.41) is 12.0. The van der Waals surface area contributed by atoms with Gasteiger partial charge in [0.25, 0.3) is 0 Å². The van der Waals surface area contributed by atoms with Crippen molar-refractivity contribution in [2.24, 2.45) is 0 Å². The molecule has 2 rings (SSSR count). The van der Waals surface area contributed by atoms with Gasteiger partial charge in [-0.15, -0.1) is 0 Å². The minimum atomic E-state index is -1.04. The zero-order valence-electron chi connectivity index (χ0n) is 14.5. The Kier molecular flexibility index (Phi) is 6.86. The standard InChI is InChI=1S/C19H20ClNO5/c1-12-9-14(26-11-19(23)24)5-6-16(12)21-18(22)8-4-13-3-7-17(25-2)15(20)10-13/h3,5-7,9-10H,4,8,11H2,1-2H3,(H,21,22)(H,23,24). The highest BCUT2D eigenvalue weighted by molar-refractivity contribution is 6.32. The van der Waals surface area contributed by atoms with Gasteiger partial charge < -0.3 is 19.9 Å². The summed E-state index contributed by atoms with van der Waals surface area (Å²) in [6.07, 6.45) is 0.855. The first-order valence-corrected chi connectivity index (χ1v) is 8.34. The molecule has 0 radical (unpaired) electrons. The van der Waals surface area contributed by atoms with E-state index in [9.17, 15) is 9.59 Å². The number of anilines is 1. The van der Waals surface area contributed by atoms with E-state index in [4.69, 9.17) is 26.2 Å². The van der Waals surface area contributed by atoms with E-state index in [2.05, 4.69) is 5.32 Å². The molecule has 138 valence electrons. The van der Waals surface area contributed by atoms with Crippen LogP contribution in [0.3, 0.4) is 0 Å². The highest BCUT2D eigenvalue weighted by Gasteiger charge is 2.08. The van der Waals surface area contributed by atoms with Crippen molar-refractivity contribution < 1.29 is 24.2 Å². The monoisotopic (exact) mass is 377 g/mol. The lowest BCUT2D eigenvalue weighted by molar-refractivity contribution is -0.139. The first-order chi connectivity index (χ1) is 12.4. The molecule has 0 bridgehead atoms. The molecule has 0 heterocycles. The number of methoxy groups -OCH3 is 1. The number of halogens is 1. The van der Waals surface area contributed by atoms with Crippen molar-refractivity contribution in [3.63, 3.8) is 0 Å². The largest absolute Gasteiger partial charge is 0.495 e. The third kappa shape index (κ3) is 5.67. The predicted molar refractivity (Wildman–Crippen MR) is 99.3 cm³/mol. The Labute approximate surface area is 156 Å². The number of ether oxygens (including phenoxy) is 2. The summed E-state index contributed by atoms with van der Waals surface area (Å²) in [6.45, 7) is 1.40. The number of rotatable bonds is 8. The van der Waals surface area contributed by atoms with Gasteiger partial charge in [0, 0.05) is 12.1 Å². The smallest absolute Gasteiger partial charge is 0.341 e. The van der Waals surface area contributed by atoms with E-state index in [1.54, 1.807) is 37.4 Å². The van der Waals surface area contributed by atoms with Crippen LogP contribution >= 0.6 is 11.6 Å². The molecule has 0 fully saturated rings. The lowest BCUT2D eigenvalue weighted by Gasteiger charge is -2.11. The quantitative estimate of drug-likeness (QED) is 0.732. The lowest BCUT2D eigenvalue weighted by atomic mass is 10.1. The summed E-state index contributed by atoms with van der Waals surface area (Å²) in [7, 11) is 1.55. The van der Waals surface area contributed by atoms with Crippen molar-refractivity contribution in [1.82, 2.24) is 0 Å². The van der Waals surface area contributed by atoms with E-state index in [0.29, 0.717) is 35.1 Å². The SMILES string of the molecule is COc1ccc(CCC(=O)Nc2ccc(OCC(=O)O)cc2C)cc1Cl. The fourth-order valence-electron chi connectivity index (χ4n) is 2.35. The van der Waals surface area contributed by atoms with Gasteiger partial charge in [-0.1, -0.05) is 17.7 Å². The number of aliphatic carboxylic acids is 1.